The summed E-state index contributed by atoms with van der Waals surface area (Å²) in [6, 6.07) is 8.41. The minimum Gasteiger partial charge on any atom is -0.494 e. The Morgan fingerprint density at radius 2 is 1.80 bits per heavy atom. The molecule has 0 saturated heterocycles. The minimum absolute atomic E-state index is 0.700. The molecular weight excluding hydrogens is 246 g/mol. The van der Waals surface area contributed by atoms with Crippen LogP contribution >= 0.6 is 0 Å². The van der Waals surface area contributed by atoms with Crippen LogP contribution in [0.3, 0.4) is 0 Å². The average Bonchev–Trinajstić information content (AvgIpc) is 2.47. The topological polar surface area (TPSA) is 21.3 Å². The van der Waals surface area contributed by atoms with Crippen LogP contribution < -0.4 is 10.1 Å². The highest BCUT2D eigenvalue weighted by Gasteiger charge is 2.12. The average molecular weight is 275 g/mol. The molecule has 1 saturated carbocycles. The van der Waals surface area contributed by atoms with Crippen LogP contribution in [0.2, 0.25) is 0 Å². The molecule has 20 heavy (non-hydrogen) atoms. The number of ether oxygens (including phenoxy) is 1. The van der Waals surface area contributed by atoms with Gasteiger partial charge >= 0.3 is 0 Å². The van der Waals surface area contributed by atoms with Gasteiger partial charge in [0.25, 0.3) is 0 Å². The van der Waals surface area contributed by atoms with Crippen molar-refractivity contribution in [3.63, 3.8) is 0 Å². The predicted molar refractivity (Wildman–Crippen MR) is 86.5 cm³/mol. The Morgan fingerprint density at radius 3 is 2.45 bits per heavy atom. The summed E-state index contributed by atoms with van der Waals surface area (Å²) in [5.74, 6) is 2.55. The fourth-order valence-electron chi connectivity index (χ4n) is 2.73. The van der Waals surface area contributed by atoms with Gasteiger partial charge in [0, 0.05) is 12.2 Å². The van der Waals surface area contributed by atoms with Gasteiger partial charge in [-0.2, -0.15) is 0 Å². The maximum Gasteiger partial charge on any atom is 0.119 e. The molecule has 112 valence electrons. The summed E-state index contributed by atoms with van der Waals surface area (Å²) in [6.07, 6.45) is 8.15. The minimum atomic E-state index is 0.700. The third-order valence-corrected chi connectivity index (χ3v) is 4.14. The highest BCUT2D eigenvalue weighted by atomic mass is 16.5. The molecule has 0 bridgehead atoms. The van der Waals surface area contributed by atoms with Crippen LogP contribution in [-0.4, -0.2) is 13.2 Å². The molecule has 1 aliphatic rings. The number of benzene rings is 1. The van der Waals surface area contributed by atoms with Crippen molar-refractivity contribution in [3.05, 3.63) is 24.3 Å². The molecule has 0 unspecified atom stereocenters. The van der Waals surface area contributed by atoms with Crippen LogP contribution in [0.1, 0.15) is 52.4 Å². The van der Waals surface area contributed by atoms with Crippen LogP contribution in [0.4, 0.5) is 5.69 Å². The van der Waals surface area contributed by atoms with Crippen LogP contribution in [-0.2, 0) is 0 Å². The van der Waals surface area contributed by atoms with Crippen molar-refractivity contribution in [3.8, 4) is 5.75 Å². The van der Waals surface area contributed by atoms with Gasteiger partial charge in [-0.05, 0) is 55.4 Å². The molecule has 1 aromatic rings. The van der Waals surface area contributed by atoms with Crippen molar-refractivity contribution in [1.82, 2.24) is 0 Å². The van der Waals surface area contributed by atoms with E-state index in [1.807, 2.05) is 0 Å². The van der Waals surface area contributed by atoms with Crippen molar-refractivity contribution in [1.29, 1.82) is 0 Å². The van der Waals surface area contributed by atoms with E-state index in [0.717, 1.165) is 31.2 Å². The Hall–Kier alpha value is -1.18. The first-order chi connectivity index (χ1) is 9.74. The third-order valence-electron chi connectivity index (χ3n) is 4.14. The maximum atomic E-state index is 5.74. The van der Waals surface area contributed by atoms with Gasteiger partial charge in [0.15, 0.2) is 0 Å². The summed E-state index contributed by atoms with van der Waals surface area (Å²) in [5.41, 5.74) is 1.21. The van der Waals surface area contributed by atoms with Crippen LogP contribution in [0.25, 0.3) is 0 Å². The van der Waals surface area contributed by atoms with Gasteiger partial charge in [-0.25, -0.2) is 0 Å². The predicted octanol–water partition coefficient (Wildman–Crippen LogP) is 5.10. The molecule has 0 aliphatic heterocycles. The summed E-state index contributed by atoms with van der Waals surface area (Å²) in [4.78, 5) is 0. The lowest BCUT2D eigenvalue weighted by atomic mass is 9.89. The van der Waals surface area contributed by atoms with Gasteiger partial charge in [-0.3, -0.25) is 0 Å². The van der Waals surface area contributed by atoms with E-state index < -0.39 is 0 Å². The van der Waals surface area contributed by atoms with Crippen molar-refractivity contribution >= 4 is 5.69 Å². The number of hydrogen-bond donors (Lipinski definition) is 1. The van der Waals surface area contributed by atoms with Crippen LogP contribution in [0.15, 0.2) is 24.3 Å². The zero-order valence-corrected chi connectivity index (χ0v) is 13.0. The van der Waals surface area contributed by atoms with Gasteiger partial charge < -0.3 is 10.1 Å². The lowest BCUT2D eigenvalue weighted by Crippen LogP contribution is -2.16. The largest absolute Gasteiger partial charge is 0.494 e. The lowest BCUT2D eigenvalue weighted by Gasteiger charge is -2.22. The van der Waals surface area contributed by atoms with Crippen LogP contribution in [0, 0.1) is 11.8 Å². The Kier molecular flexibility index (Phi) is 6.23. The Morgan fingerprint density at radius 1 is 1.10 bits per heavy atom. The molecule has 1 aromatic carbocycles. The second-order valence-electron chi connectivity index (χ2n) is 6.44. The molecule has 0 heterocycles. The number of anilines is 1. The van der Waals surface area contributed by atoms with E-state index in [1.54, 1.807) is 0 Å². The first kappa shape index (κ1) is 15.2. The van der Waals surface area contributed by atoms with Crippen LogP contribution in [0.5, 0.6) is 5.75 Å². The molecule has 0 atom stereocenters. The molecular formula is C18H29NO. The van der Waals surface area contributed by atoms with E-state index >= 15 is 0 Å². The third kappa shape index (κ3) is 5.44. The van der Waals surface area contributed by atoms with E-state index in [0.29, 0.717) is 5.92 Å². The SMILES string of the molecule is CC(C)CCOc1ccc(NCC2CCCCC2)cc1. The monoisotopic (exact) mass is 275 g/mol. The highest BCUT2D eigenvalue weighted by molar-refractivity contribution is 5.46. The van der Waals surface area contributed by atoms with Gasteiger partial charge in [0.05, 0.1) is 6.61 Å². The Balaban J connectivity index is 1.70. The molecule has 2 rings (SSSR count). The van der Waals surface area contributed by atoms with Crippen molar-refractivity contribution in [2.45, 2.75) is 52.4 Å². The molecule has 2 heteroatoms. The lowest BCUT2D eigenvalue weighted by molar-refractivity contribution is 0.289. The molecule has 1 fully saturated rings. The smallest absolute Gasteiger partial charge is 0.119 e. The van der Waals surface area contributed by atoms with Gasteiger partial charge in [0.1, 0.15) is 5.75 Å². The van der Waals surface area contributed by atoms with E-state index in [1.165, 1.54) is 37.8 Å². The fourth-order valence-corrected chi connectivity index (χ4v) is 2.73. The molecule has 1 N–H and O–H groups in total. The molecule has 0 spiro atoms. The Bertz CT molecular complexity index is 366. The van der Waals surface area contributed by atoms with Gasteiger partial charge in [-0.1, -0.05) is 33.1 Å². The van der Waals surface area contributed by atoms with Gasteiger partial charge in [0.2, 0.25) is 0 Å². The summed E-state index contributed by atoms with van der Waals surface area (Å²) < 4.78 is 5.74. The summed E-state index contributed by atoms with van der Waals surface area (Å²) in [6.45, 7) is 6.38. The normalized spacial score (nSPS) is 16.4. The number of rotatable bonds is 7. The second-order valence-corrected chi connectivity index (χ2v) is 6.44. The summed E-state index contributed by atoms with van der Waals surface area (Å²) >= 11 is 0. The van der Waals surface area contributed by atoms with E-state index in [2.05, 4.69) is 43.4 Å². The summed E-state index contributed by atoms with van der Waals surface area (Å²) in [5, 5.41) is 3.56. The van der Waals surface area contributed by atoms with Crippen molar-refractivity contribution < 1.29 is 4.74 Å². The number of nitrogens with one attached hydrogen (secondary N) is 1. The molecule has 2 nitrogen and oxygen atoms in total. The fraction of sp³-hybridized carbons (Fsp3) is 0.667. The van der Waals surface area contributed by atoms with E-state index in [-0.39, 0.29) is 0 Å². The van der Waals surface area contributed by atoms with E-state index in [9.17, 15) is 0 Å². The quantitative estimate of drug-likeness (QED) is 0.747. The highest BCUT2D eigenvalue weighted by Crippen LogP contribution is 2.24. The van der Waals surface area contributed by atoms with E-state index in [4.69, 9.17) is 4.74 Å². The first-order valence-electron chi connectivity index (χ1n) is 8.21. The molecule has 0 radical (unpaired) electrons. The second kappa shape index (κ2) is 8.18. The van der Waals surface area contributed by atoms with Gasteiger partial charge in [-0.15, -0.1) is 0 Å². The zero-order valence-electron chi connectivity index (χ0n) is 13.0. The maximum absolute atomic E-state index is 5.74. The summed E-state index contributed by atoms with van der Waals surface area (Å²) in [7, 11) is 0. The van der Waals surface area contributed by atoms with Crippen molar-refractivity contribution in [2.24, 2.45) is 11.8 Å². The zero-order chi connectivity index (χ0) is 14.2. The number of hydrogen-bond acceptors (Lipinski definition) is 2. The van der Waals surface area contributed by atoms with Crippen molar-refractivity contribution in [2.75, 3.05) is 18.5 Å². The molecule has 0 amide bonds. The molecule has 1 aliphatic carbocycles. The first-order valence-corrected chi connectivity index (χ1v) is 8.21. The Labute approximate surface area is 123 Å². The molecule has 0 aromatic heterocycles. The standard InChI is InChI=1S/C18H29NO/c1-15(2)12-13-20-18-10-8-17(9-11-18)19-14-16-6-4-3-5-7-16/h8-11,15-16,19H,3-7,12-14H2,1-2H3.